The number of carbonyl (C=O) groups is 1. The van der Waals surface area contributed by atoms with Gasteiger partial charge in [-0.15, -0.1) is 0 Å². The van der Waals surface area contributed by atoms with E-state index in [2.05, 4.69) is 15.3 Å². The minimum absolute atomic E-state index is 0.0576. The first-order chi connectivity index (χ1) is 14.1. The summed E-state index contributed by atoms with van der Waals surface area (Å²) >= 11 is 6.13. The second kappa shape index (κ2) is 8.95. The van der Waals surface area contributed by atoms with Gasteiger partial charge < -0.3 is 10.2 Å². The van der Waals surface area contributed by atoms with E-state index in [0.29, 0.717) is 31.2 Å². The maximum atomic E-state index is 13.3. The minimum atomic E-state index is -3.90. The van der Waals surface area contributed by atoms with Crippen LogP contribution in [0.4, 0.5) is 5.69 Å². The number of hydrogen-bond acceptors (Lipinski definition) is 5. The van der Waals surface area contributed by atoms with Gasteiger partial charge in [0.05, 0.1) is 5.56 Å². The lowest BCUT2D eigenvalue weighted by molar-refractivity contribution is 0.0935. The Morgan fingerprint density at radius 2 is 1.93 bits per heavy atom. The Morgan fingerprint density at radius 3 is 2.57 bits per heavy atom. The third kappa shape index (κ3) is 4.63. The van der Waals surface area contributed by atoms with Crippen LogP contribution < -0.4 is 10.2 Å². The molecule has 2 heterocycles. The van der Waals surface area contributed by atoms with Crippen LogP contribution in [-0.2, 0) is 17.1 Å². The zero-order valence-electron chi connectivity index (χ0n) is 17.7. The van der Waals surface area contributed by atoms with Gasteiger partial charge in [-0.25, -0.2) is 8.42 Å². The van der Waals surface area contributed by atoms with Crippen LogP contribution in [0.5, 0.6) is 0 Å². The van der Waals surface area contributed by atoms with Crippen molar-refractivity contribution in [3.63, 3.8) is 0 Å². The van der Waals surface area contributed by atoms with Crippen LogP contribution in [0.2, 0.25) is 5.02 Å². The molecule has 10 heteroatoms. The van der Waals surface area contributed by atoms with E-state index in [1.54, 1.807) is 7.05 Å². The Labute approximate surface area is 182 Å². The van der Waals surface area contributed by atoms with Crippen molar-refractivity contribution in [1.82, 2.24) is 19.4 Å². The van der Waals surface area contributed by atoms with Gasteiger partial charge in [-0.3, -0.25) is 9.48 Å². The van der Waals surface area contributed by atoms with E-state index >= 15 is 0 Å². The van der Waals surface area contributed by atoms with Crippen molar-refractivity contribution in [2.75, 3.05) is 31.1 Å². The molecule has 1 fully saturated rings. The molecule has 30 heavy (non-hydrogen) atoms. The molecule has 1 aliphatic rings. The minimum Gasteiger partial charge on any atom is -0.369 e. The second-order valence-corrected chi connectivity index (χ2v) is 9.92. The second-order valence-electron chi connectivity index (χ2n) is 7.63. The largest absolute Gasteiger partial charge is 0.369 e. The van der Waals surface area contributed by atoms with Gasteiger partial charge in [-0.2, -0.15) is 9.40 Å². The SMILES string of the molecule is CC[C@@H](C)NC(=O)c1cn(C)nc1S(=O)(=O)N1CCN(c2cc(Cl)ccc2C)CC1. The molecule has 1 atom stereocenters. The van der Waals surface area contributed by atoms with Crippen LogP contribution in [0, 0.1) is 6.92 Å². The topological polar surface area (TPSA) is 87.5 Å². The van der Waals surface area contributed by atoms with Crippen molar-refractivity contribution < 1.29 is 13.2 Å². The Morgan fingerprint density at radius 1 is 1.27 bits per heavy atom. The van der Waals surface area contributed by atoms with Gasteiger partial charge >= 0.3 is 0 Å². The third-order valence-corrected chi connectivity index (χ3v) is 7.43. The number of aromatic nitrogens is 2. The number of rotatable bonds is 6. The van der Waals surface area contributed by atoms with Crippen molar-refractivity contribution >= 4 is 33.2 Å². The number of piperazine rings is 1. The van der Waals surface area contributed by atoms with Gasteiger partial charge in [-0.05, 0) is 38.0 Å². The highest BCUT2D eigenvalue weighted by molar-refractivity contribution is 7.89. The summed E-state index contributed by atoms with van der Waals surface area (Å²) < 4.78 is 29.3. The highest BCUT2D eigenvalue weighted by Gasteiger charge is 2.35. The zero-order valence-corrected chi connectivity index (χ0v) is 19.3. The monoisotopic (exact) mass is 453 g/mol. The molecule has 0 bridgehead atoms. The molecule has 0 radical (unpaired) electrons. The fourth-order valence-electron chi connectivity index (χ4n) is 3.43. The van der Waals surface area contributed by atoms with Gasteiger partial charge in [0.25, 0.3) is 15.9 Å². The molecule has 0 unspecified atom stereocenters. The van der Waals surface area contributed by atoms with Crippen molar-refractivity contribution in [2.45, 2.75) is 38.3 Å². The van der Waals surface area contributed by atoms with Crippen molar-refractivity contribution in [3.05, 3.63) is 40.5 Å². The molecule has 2 aromatic rings. The lowest BCUT2D eigenvalue weighted by Crippen LogP contribution is -2.49. The Bertz CT molecular complexity index is 1030. The summed E-state index contributed by atoms with van der Waals surface area (Å²) in [5, 5.41) is 7.38. The molecule has 1 aromatic carbocycles. The van der Waals surface area contributed by atoms with Gasteiger partial charge in [0.2, 0.25) is 5.03 Å². The van der Waals surface area contributed by atoms with Crippen molar-refractivity contribution in [1.29, 1.82) is 0 Å². The summed E-state index contributed by atoms with van der Waals surface area (Å²) in [6.07, 6.45) is 2.20. The summed E-state index contributed by atoms with van der Waals surface area (Å²) in [6, 6.07) is 5.64. The van der Waals surface area contributed by atoms with E-state index in [9.17, 15) is 13.2 Å². The summed E-state index contributed by atoms with van der Waals surface area (Å²) in [6.45, 7) is 7.50. The van der Waals surface area contributed by atoms with E-state index < -0.39 is 15.9 Å². The summed E-state index contributed by atoms with van der Waals surface area (Å²) in [7, 11) is -2.29. The van der Waals surface area contributed by atoms with Crippen molar-refractivity contribution in [2.24, 2.45) is 7.05 Å². The van der Waals surface area contributed by atoms with Crippen LogP contribution in [-0.4, -0.2) is 60.6 Å². The Balaban J connectivity index is 1.79. The summed E-state index contributed by atoms with van der Waals surface area (Å²) in [4.78, 5) is 14.7. The molecular formula is C20H28ClN5O3S. The summed E-state index contributed by atoms with van der Waals surface area (Å²) in [5.74, 6) is -0.427. The number of benzene rings is 1. The quantitative estimate of drug-likeness (QED) is 0.725. The first-order valence-electron chi connectivity index (χ1n) is 9.99. The number of halogens is 1. The highest BCUT2D eigenvalue weighted by atomic mass is 35.5. The van der Waals surface area contributed by atoms with Gasteiger partial charge in [0, 0.05) is 56.2 Å². The Kier molecular flexibility index (Phi) is 6.74. The number of nitrogens with zero attached hydrogens (tertiary/aromatic N) is 4. The van der Waals surface area contributed by atoms with E-state index in [1.807, 2.05) is 39.0 Å². The number of sulfonamides is 1. The number of aryl methyl sites for hydroxylation is 2. The zero-order chi connectivity index (χ0) is 22.1. The van der Waals surface area contributed by atoms with Crippen molar-refractivity contribution in [3.8, 4) is 0 Å². The molecule has 0 aliphatic carbocycles. The smallest absolute Gasteiger partial charge is 0.263 e. The van der Waals surface area contributed by atoms with E-state index in [4.69, 9.17) is 11.6 Å². The molecule has 1 aliphatic heterocycles. The average Bonchev–Trinajstić information content (AvgIpc) is 3.12. The predicted molar refractivity (Wildman–Crippen MR) is 118 cm³/mol. The van der Waals surface area contributed by atoms with E-state index in [-0.39, 0.29) is 16.6 Å². The molecule has 1 N–H and O–H groups in total. The molecule has 3 rings (SSSR count). The van der Waals surface area contributed by atoms with Crippen LogP contribution in [0.15, 0.2) is 29.4 Å². The molecule has 0 saturated carbocycles. The predicted octanol–water partition coefficient (Wildman–Crippen LogP) is 2.42. The number of carbonyl (C=O) groups excluding carboxylic acids is 1. The fraction of sp³-hybridized carbons (Fsp3) is 0.500. The standard InChI is InChI=1S/C20H28ClN5O3S/c1-5-15(3)22-19(27)17-13-24(4)23-20(17)30(28,29)26-10-8-25(9-11-26)18-12-16(21)7-6-14(18)2/h6-7,12-13,15H,5,8-11H2,1-4H3,(H,22,27)/t15-/m1/s1. The normalized spacial score (nSPS) is 16.5. The van der Waals surface area contributed by atoms with E-state index in [1.165, 1.54) is 15.2 Å². The molecular weight excluding hydrogens is 426 g/mol. The van der Waals surface area contributed by atoms with Crippen LogP contribution >= 0.6 is 11.6 Å². The first-order valence-corrected chi connectivity index (χ1v) is 11.8. The van der Waals surface area contributed by atoms with E-state index in [0.717, 1.165) is 17.7 Å². The maximum absolute atomic E-state index is 13.3. The molecule has 8 nitrogen and oxygen atoms in total. The average molecular weight is 454 g/mol. The lowest BCUT2D eigenvalue weighted by Gasteiger charge is -2.36. The lowest BCUT2D eigenvalue weighted by atomic mass is 10.1. The number of hydrogen-bond donors (Lipinski definition) is 1. The van der Waals surface area contributed by atoms with Gasteiger partial charge in [-0.1, -0.05) is 24.6 Å². The fourth-order valence-corrected chi connectivity index (χ4v) is 5.14. The summed E-state index contributed by atoms with van der Waals surface area (Å²) in [5.41, 5.74) is 2.17. The van der Waals surface area contributed by atoms with Gasteiger partial charge in [0.15, 0.2) is 0 Å². The van der Waals surface area contributed by atoms with Crippen LogP contribution in [0.3, 0.4) is 0 Å². The Hall–Kier alpha value is -2.10. The highest BCUT2D eigenvalue weighted by Crippen LogP contribution is 2.27. The first kappa shape index (κ1) is 22.6. The van der Waals surface area contributed by atoms with Crippen LogP contribution in [0.1, 0.15) is 36.2 Å². The van der Waals surface area contributed by atoms with Gasteiger partial charge in [0.1, 0.15) is 0 Å². The molecule has 1 amide bonds. The third-order valence-electron chi connectivity index (χ3n) is 5.36. The number of anilines is 1. The molecule has 164 valence electrons. The molecule has 1 saturated heterocycles. The number of nitrogens with one attached hydrogen (secondary N) is 1. The maximum Gasteiger partial charge on any atom is 0.263 e. The number of amides is 1. The molecule has 1 aromatic heterocycles. The molecule has 0 spiro atoms. The van der Waals surface area contributed by atoms with Crippen LogP contribution in [0.25, 0.3) is 0 Å².